The van der Waals surface area contributed by atoms with Gasteiger partial charge in [0.2, 0.25) is 17.7 Å². The molecule has 3 amide bonds. The molecule has 11 heteroatoms. The molecule has 0 spiro atoms. The highest BCUT2D eigenvalue weighted by molar-refractivity contribution is 7.98. The molecule has 5 unspecified atom stereocenters. The van der Waals surface area contributed by atoms with E-state index in [-0.39, 0.29) is 25.2 Å². The van der Waals surface area contributed by atoms with Crippen molar-refractivity contribution in [3.63, 3.8) is 0 Å². The van der Waals surface area contributed by atoms with E-state index in [1.54, 1.807) is 0 Å². The Labute approximate surface area is 210 Å². The molecule has 0 aliphatic heterocycles. The smallest absolute Gasteiger partial charge is 0.326 e. The molecule has 0 radical (unpaired) electrons. The van der Waals surface area contributed by atoms with Crippen LogP contribution in [0.5, 0.6) is 0 Å². The number of nitrogens with one attached hydrogen (secondary N) is 3. The highest BCUT2D eigenvalue weighted by Gasteiger charge is 2.32. The first-order valence-electron chi connectivity index (χ1n) is 11.6. The molecule has 0 saturated heterocycles. The molecule has 196 valence electrons. The van der Waals surface area contributed by atoms with Crippen molar-refractivity contribution in [2.45, 2.75) is 70.3 Å². The summed E-state index contributed by atoms with van der Waals surface area (Å²) >= 11 is 1.46. The maximum Gasteiger partial charge on any atom is 0.326 e. The monoisotopic (exact) mass is 510 g/mol. The van der Waals surface area contributed by atoms with Gasteiger partial charge in [-0.15, -0.1) is 0 Å². The van der Waals surface area contributed by atoms with E-state index in [0.717, 1.165) is 5.56 Å². The lowest BCUT2D eigenvalue weighted by molar-refractivity contribution is -0.142. The summed E-state index contributed by atoms with van der Waals surface area (Å²) in [5, 5.41) is 27.1. The van der Waals surface area contributed by atoms with Gasteiger partial charge >= 0.3 is 5.97 Å². The number of thioether (sulfide) groups is 1. The molecular formula is C24H38N4O6S. The predicted molar refractivity (Wildman–Crippen MR) is 136 cm³/mol. The topological polar surface area (TPSA) is 171 Å². The molecule has 0 fully saturated rings. The second-order valence-corrected chi connectivity index (χ2v) is 9.88. The summed E-state index contributed by atoms with van der Waals surface area (Å²) in [5.74, 6) is -2.66. The van der Waals surface area contributed by atoms with Crippen LogP contribution < -0.4 is 21.7 Å². The minimum Gasteiger partial charge on any atom is -0.480 e. The van der Waals surface area contributed by atoms with Gasteiger partial charge < -0.3 is 31.9 Å². The molecule has 0 saturated carbocycles. The fraction of sp³-hybridized carbons (Fsp3) is 0.583. The van der Waals surface area contributed by atoms with Gasteiger partial charge in [-0.2, -0.15) is 11.8 Å². The number of benzene rings is 1. The molecule has 0 aliphatic carbocycles. The van der Waals surface area contributed by atoms with E-state index in [4.69, 9.17) is 5.73 Å². The maximum atomic E-state index is 13.0. The number of nitrogens with two attached hydrogens (primary N) is 1. The zero-order chi connectivity index (χ0) is 26.5. The van der Waals surface area contributed by atoms with Gasteiger partial charge in [-0.3, -0.25) is 14.4 Å². The molecule has 0 bridgehead atoms. The molecular weight excluding hydrogens is 472 g/mol. The van der Waals surface area contributed by atoms with Crippen molar-refractivity contribution in [2.75, 3.05) is 12.0 Å². The molecule has 0 aliphatic rings. The number of carbonyl (C=O) groups excluding carboxylic acids is 3. The van der Waals surface area contributed by atoms with Crippen LogP contribution in [0.15, 0.2) is 30.3 Å². The van der Waals surface area contributed by atoms with E-state index in [2.05, 4.69) is 16.0 Å². The standard InChI is InChI=1S/C24H38N4O6S/c1-14(2)12-19(22(31)26-18(24(33)34)10-11-35-4)27-23(32)20(15(3)29)28-21(30)17(25)13-16-8-6-5-7-9-16/h5-9,14-15,17-20,29H,10-13,25H2,1-4H3,(H,26,31)(H,27,32)(H,28,30)(H,33,34). The van der Waals surface area contributed by atoms with Crippen molar-refractivity contribution in [3.05, 3.63) is 35.9 Å². The van der Waals surface area contributed by atoms with Gasteiger partial charge in [0.15, 0.2) is 0 Å². The average Bonchev–Trinajstić information content (AvgIpc) is 2.79. The molecule has 5 atom stereocenters. The fourth-order valence-corrected chi connectivity index (χ4v) is 3.83. The van der Waals surface area contributed by atoms with Gasteiger partial charge in [-0.05, 0) is 49.7 Å². The summed E-state index contributed by atoms with van der Waals surface area (Å²) < 4.78 is 0. The van der Waals surface area contributed by atoms with Crippen molar-refractivity contribution < 1.29 is 29.4 Å². The van der Waals surface area contributed by atoms with E-state index >= 15 is 0 Å². The molecule has 0 heterocycles. The Morgan fingerprint density at radius 1 is 0.943 bits per heavy atom. The number of carboxylic acids is 1. The molecule has 7 N–H and O–H groups in total. The van der Waals surface area contributed by atoms with Crippen LogP contribution in [0.1, 0.15) is 39.2 Å². The first-order chi connectivity index (χ1) is 16.5. The quantitative estimate of drug-likeness (QED) is 0.195. The Kier molecular flexibility index (Phi) is 13.4. The van der Waals surface area contributed by atoms with Gasteiger partial charge in [0.05, 0.1) is 12.1 Å². The van der Waals surface area contributed by atoms with Gasteiger partial charge in [0.1, 0.15) is 18.1 Å². The number of aliphatic carboxylic acids is 1. The Morgan fingerprint density at radius 2 is 1.54 bits per heavy atom. The molecule has 1 aromatic carbocycles. The van der Waals surface area contributed by atoms with Crippen LogP contribution in [0.3, 0.4) is 0 Å². The normalized spacial score (nSPS) is 15.4. The Bertz CT molecular complexity index is 837. The number of hydrogen-bond donors (Lipinski definition) is 6. The van der Waals surface area contributed by atoms with Crippen LogP contribution in [-0.2, 0) is 25.6 Å². The first kappa shape index (κ1) is 30.4. The Morgan fingerprint density at radius 3 is 2.06 bits per heavy atom. The third kappa shape index (κ3) is 11.1. The number of aliphatic hydroxyl groups excluding tert-OH is 1. The summed E-state index contributed by atoms with van der Waals surface area (Å²) in [6.45, 7) is 5.05. The second-order valence-electron chi connectivity index (χ2n) is 8.89. The number of carboxylic acid groups (broad SMARTS) is 1. The first-order valence-corrected chi connectivity index (χ1v) is 13.0. The van der Waals surface area contributed by atoms with E-state index in [9.17, 15) is 29.4 Å². The lowest BCUT2D eigenvalue weighted by Crippen LogP contribution is -2.60. The third-order valence-electron chi connectivity index (χ3n) is 5.26. The average molecular weight is 511 g/mol. The largest absolute Gasteiger partial charge is 0.480 e. The van der Waals surface area contributed by atoms with Crippen LogP contribution in [-0.4, -0.2) is 76.2 Å². The maximum absolute atomic E-state index is 13.0. The minimum atomic E-state index is -1.35. The molecule has 1 rings (SSSR count). The van der Waals surface area contributed by atoms with Gasteiger partial charge in [0, 0.05) is 0 Å². The van der Waals surface area contributed by atoms with Crippen molar-refractivity contribution in [3.8, 4) is 0 Å². The van der Waals surface area contributed by atoms with Crippen LogP contribution >= 0.6 is 11.8 Å². The van der Waals surface area contributed by atoms with Gasteiger partial charge in [-0.1, -0.05) is 44.2 Å². The number of hydrogen-bond acceptors (Lipinski definition) is 7. The second kappa shape index (κ2) is 15.4. The SMILES string of the molecule is CSCCC(NC(=O)C(CC(C)C)NC(=O)C(NC(=O)C(N)Cc1ccccc1)C(C)O)C(=O)O. The van der Waals surface area contributed by atoms with Crippen LogP contribution in [0, 0.1) is 5.92 Å². The number of aliphatic hydroxyl groups is 1. The lowest BCUT2D eigenvalue weighted by Gasteiger charge is -2.27. The fourth-order valence-electron chi connectivity index (χ4n) is 3.36. The summed E-state index contributed by atoms with van der Waals surface area (Å²) in [5.41, 5.74) is 6.83. The summed E-state index contributed by atoms with van der Waals surface area (Å²) in [4.78, 5) is 49.9. The van der Waals surface area contributed by atoms with E-state index < -0.39 is 54.0 Å². The minimum absolute atomic E-state index is 0.000545. The summed E-state index contributed by atoms with van der Waals surface area (Å²) in [6.07, 6.45) is 1.28. The Balaban J connectivity index is 2.90. The van der Waals surface area contributed by atoms with Crippen molar-refractivity contribution in [2.24, 2.45) is 11.7 Å². The van der Waals surface area contributed by atoms with Crippen molar-refractivity contribution >= 4 is 35.5 Å². The van der Waals surface area contributed by atoms with Gasteiger partial charge in [0.25, 0.3) is 0 Å². The highest BCUT2D eigenvalue weighted by atomic mass is 32.2. The Hall–Kier alpha value is -2.63. The van der Waals surface area contributed by atoms with Gasteiger partial charge in [-0.25, -0.2) is 4.79 Å². The lowest BCUT2D eigenvalue weighted by atomic mass is 10.0. The molecule has 10 nitrogen and oxygen atoms in total. The zero-order valence-corrected chi connectivity index (χ0v) is 21.5. The number of amides is 3. The highest BCUT2D eigenvalue weighted by Crippen LogP contribution is 2.09. The van der Waals surface area contributed by atoms with Crippen LogP contribution in [0.4, 0.5) is 0 Å². The zero-order valence-electron chi connectivity index (χ0n) is 20.7. The van der Waals surface area contributed by atoms with E-state index in [1.807, 2.05) is 50.4 Å². The molecule has 0 aromatic heterocycles. The summed E-state index contributed by atoms with van der Waals surface area (Å²) in [6, 6.07) is 4.69. The summed E-state index contributed by atoms with van der Waals surface area (Å²) in [7, 11) is 0. The predicted octanol–water partition coefficient (Wildman–Crippen LogP) is 0.275. The van der Waals surface area contributed by atoms with Crippen LogP contribution in [0.25, 0.3) is 0 Å². The van der Waals surface area contributed by atoms with Crippen molar-refractivity contribution in [1.82, 2.24) is 16.0 Å². The van der Waals surface area contributed by atoms with E-state index in [0.29, 0.717) is 5.75 Å². The van der Waals surface area contributed by atoms with Crippen LogP contribution in [0.2, 0.25) is 0 Å². The molecule has 1 aromatic rings. The molecule has 35 heavy (non-hydrogen) atoms. The number of rotatable bonds is 15. The van der Waals surface area contributed by atoms with Crippen molar-refractivity contribution in [1.29, 1.82) is 0 Å². The number of carbonyl (C=O) groups is 4. The third-order valence-corrected chi connectivity index (χ3v) is 5.91. The van der Waals surface area contributed by atoms with E-state index in [1.165, 1.54) is 18.7 Å².